The molecule has 0 aliphatic heterocycles. The van der Waals surface area contributed by atoms with Crippen molar-refractivity contribution in [3.8, 4) is 6.07 Å². The Morgan fingerprint density at radius 2 is 1.93 bits per heavy atom. The van der Waals surface area contributed by atoms with E-state index in [2.05, 4.69) is 5.32 Å². The van der Waals surface area contributed by atoms with Crippen LogP contribution in [0.3, 0.4) is 0 Å². The Morgan fingerprint density at radius 1 is 1.14 bits per heavy atom. The summed E-state index contributed by atoms with van der Waals surface area (Å²) in [6, 6.07) is 15.8. The number of halogens is 2. The number of fused-ring (bicyclic) bond motifs is 1. The largest absolute Gasteiger partial charge is 0.453 e. The molecule has 0 saturated carbocycles. The molecule has 0 amide bonds. The Bertz CT molecular complexity index is 1270. The van der Waals surface area contributed by atoms with E-state index in [1.54, 1.807) is 48.5 Å². The van der Waals surface area contributed by atoms with E-state index < -0.39 is 5.78 Å². The second-order valence-electron chi connectivity index (χ2n) is 5.92. The quantitative estimate of drug-likeness (QED) is 0.376. The first kappa shape index (κ1) is 18.4. The zero-order chi connectivity index (χ0) is 19.8. The maximum atomic E-state index is 13.0. The van der Waals surface area contributed by atoms with Crippen LogP contribution in [0.25, 0.3) is 11.0 Å². The number of nitriles is 1. The summed E-state index contributed by atoms with van der Waals surface area (Å²) >= 11 is 13.1. The minimum absolute atomic E-state index is 0.112. The van der Waals surface area contributed by atoms with Gasteiger partial charge in [-0.05, 0) is 42.5 Å². The second-order valence-corrected chi connectivity index (χ2v) is 7.81. The molecular weight excluding hydrogens is 417 g/mol. The number of benzene rings is 2. The van der Waals surface area contributed by atoms with E-state index in [1.165, 1.54) is 0 Å². The number of carbonyl (C=O) groups excluding carboxylic acids is 1. The van der Waals surface area contributed by atoms with Crippen LogP contribution in [0.15, 0.2) is 52.9 Å². The molecule has 0 radical (unpaired) electrons. The SMILES string of the molecule is N#Cc1c(Nc2cccc(Cl)c2)sc(C(=O)c2cc3cc(Cl)ccc3o2)c1N. The van der Waals surface area contributed by atoms with Crippen LogP contribution in [0, 0.1) is 11.3 Å². The van der Waals surface area contributed by atoms with Gasteiger partial charge in [0, 0.05) is 21.1 Å². The van der Waals surface area contributed by atoms with E-state index in [-0.39, 0.29) is 21.9 Å². The van der Waals surface area contributed by atoms with Crippen molar-refractivity contribution < 1.29 is 9.21 Å². The number of nitrogens with two attached hydrogens (primary N) is 1. The second kappa shape index (κ2) is 7.21. The van der Waals surface area contributed by atoms with Gasteiger partial charge in [0.05, 0.1) is 5.69 Å². The summed E-state index contributed by atoms with van der Waals surface area (Å²) in [6.45, 7) is 0. The van der Waals surface area contributed by atoms with Crippen LogP contribution in [0.2, 0.25) is 10.0 Å². The van der Waals surface area contributed by atoms with Gasteiger partial charge >= 0.3 is 0 Å². The summed E-state index contributed by atoms with van der Waals surface area (Å²) in [4.78, 5) is 13.2. The Kier molecular flexibility index (Phi) is 4.73. The van der Waals surface area contributed by atoms with Crippen molar-refractivity contribution in [2.75, 3.05) is 11.1 Å². The third kappa shape index (κ3) is 3.32. The number of hydrogen-bond acceptors (Lipinski definition) is 6. The van der Waals surface area contributed by atoms with Crippen molar-refractivity contribution in [2.45, 2.75) is 0 Å². The minimum Gasteiger partial charge on any atom is -0.453 e. The van der Waals surface area contributed by atoms with Gasteiger partial charge in [-0.3, -0.25) is 4.79 Å². The predicted octanol–water partition coefficient (Wildman–Crippen LogP) is 6.23. The fraction of sp³-hybridized carbons (Fsp3) is 0. The first-order valence-corrected chi connectivity index (χ1v) is 9.62. The molecule has 138 valence electrons. The third-order valence-corrected chi connectivity index (χ3v) is 5.64. The molecular formula is C20H11Cl2N3O2S. The molecule has 4 rings (SSSR count). The Labute approximate surface area is 173 Å². The fourth-order valence-electron chi connectivity index (χ4n) is 2.75. The number of nitrogens with zero attached hydrogens (tertiary/aromatic N) is 1. The monoisotopic (exact) mass is 427 g/mol. The van der Waals surface area contributed by atoms with Crippen LogP contribution < -0.4 is 11.1 Å². The average Bonchev–Trinajstić information content (AvgIpc) is 3.21. The first-order chi connectivity index (χ1) is 13.5. The molecule has 5 nitrogen and oxygen atoms in total. The van der Waals surface area contributed by atoms with Crippen molar-refractivity contribution in [3.05, 3.63) is 74.8 Å². The molecule has 0 spiro atoms. The van der Waals surface area contributed by atoms with Gasteiger partial charge in [-0.15, -0.1) is 11.3 Å². The summed E-state index contributed by atoms with van der Waals surface area (Å²) in [5, 5.41) is 14.9. The lowest BCUT2D eigenvalue weighted by Crippen LogP contribution is -2.01. The predicted molar refractivity (Wildman–Crippen MR) is 113 cm³/mol. The van der Waals surface area contributed by atoms with E-state index in [0.29, 0.717) is 31.7 Å². The van der Waals surface area contributed by atoms with E-state index >= 15 is 0 Å². The lowest BCUT2D eigenvalue weighted by Gasteiger charge is -2.04. The maximum absolute atomic E-state index is 13.0. The van der Waals surface area contributed by atoms with E-state index in [9.17, 15) is 10.1 Å². The van der Waals surface area contributed by atoms with Crippen LogP contribution >= 0.6 is 34.5 Å². The van der Waals surface area contributed by atoms with Gasteiger partial charge in [0.2, 0.25) is 5.78 Å². The highest BCUT2D eigenvalue weighted by Gasteiger charge is 2.24. The molecule has 0 unspecified atom stereocenters. The van der Waals surface area contributed by atoms with Gasteiger partial charge in [0.25, 0.3) is 0 Å². The zero-order valence-electron chi connectivity index (χ0n) is 14.1. The Hall–Kier alpha value is -2.98. The van der Waals surface area contributed by atoms with Crippen LogP contribution in [0.4, 0.5) is 16.4 Å². The van der Waals surface area contributed by atoms with Crippen molar-refractivity contribution in [2.24, 2.45) is 0 Å². The molecule has 2 aromatic heterocycles. The number of rotatable bonds is 4. The highest BCUT2D eigenvalue weighted by Crippen LogP contribution is 2.39. The smallest absolute Gasteiger partial charge is 0.240 e. The van der Waals surface area contributed by atoms with Crippen LogP contribution in [0.5, 0.6) is 0 Å². The topological polar surface area (TPSA) is 92.0 Å². The molecule has 2 aromatic carbocycles. The molecule has 4 aromatic rings. The zero-order valence-corrected chi connectivity index (χ0v) is 16.5. The molecule has 0 saturated heterocycles. The maximum Gasteiger partial charge on any atom is 0.240 e. The molecule has 0 fully saturated rings. The summed E-state index contributed by atoms with van der Waals surface area (Å²) in [5.41, 5.74) is 7.63. The molecule has 0 bridgehead atoms. The molecule has 3 N–H and O–H groups in total. The molecule has 0 aliphatic carbocycles. The van der Waals surface area contributed by atoms with Crippen molar-refractivity contribution in [1.29, 1.82) is 5.26 Å². The third-order valence-electron chi connectivity index (χ3n) is 4.05. The number of carbonyl (C=O) groups is 1. The number of nitrogen functional groups attached to an aromatic ring is 1. The highest BCUT2D eigenvalue weighted by molar-refractivity contribution is 7.19. The number of furan rings is 1. The van der Waals surface area contributed by atoms with Gasteiger partial charge in [0.1, 0.15) is 27.1 Å². The number of nitrogens with one attached hydrogen (secondary N) is 1. The van der Waals surface area contributed by atoms with E-state index in [4.69, 9.17) is 33.4 Å². The summed E-state index contributed by atoms with van der Waals surface area (Å²) in [5.74, 6) is -0.269. The van der Waals surface area contributed by atoms with Gasteiger partial charge in [0.15, 0.2) is 5.76 Å². The molecule has 8 heteroatoms. The Morgan fingerprint density at radius 3 is 2.68 bits per heavy atom. The van der Waals surface area contributed by atoms with Crippen LogP contribution in [-0.4, -0.2) is 5.78 Å². The van der Waals surface area contributed by atoms with Gasteiger partial charge < -0.3 is 15.5 Å². The normalized spacial score (nSPS) is 10.8. The minimum atomic E-state index is -0.398. The van der Waals surface area contributed by atoms with Crippen LogP contribution in [0.1, 0.15) is 21.0 Å². The van der Waals surface area contributed by atoms with Gasteiger partial charge in [-0.25, -0.2) is 0 Å². The average molecular weight is 428 g/mol. The molecule has 0 aliphatic rings. The first-order valence-electron chi connectivity index (χ1n) is 8.05. The lowest BCUT2D eigenvalue weighted by molar-refractivity contribution is 0.102. The van der Waals surface area contributed by atoms with Crippen molar-refractivity contribution in [3.63, 3.8) is 0 Å². The number of hydrogen-bond donors (Lipinski definition) is 2. The van der Waals surface area contributed by atoms with E-state index in [0.717, 1.165) is 11.3 Å². The standard InChI is InChI=1S/C20H11Cl2N3O2S/c21-11-2-1-3-13(8-11)25-20-14(9-23)17(24)19(28-20)18(26)16-7-10-6-12(22)4-5-15(10)27-16/h1-8,25H,24H2. The van der Waals surface area contributed by atoms with Crippen molar-refractivity contribution in [1.82, 2.24) is 0 Å². The summed E-state index contributed by atoms with van der Waals surface area (Å²) < 4.78 is 5.63. The molecule has 0 atom stereocenters. The lowest BCUT2D eigenvalue weighted by atomic mass is 10.1. The molecule has 28 heavy (non-hydrogen) atoms. The van der Waals surface area contributed by atoms with Crippen LogP contribution in [-0.2, 0) is 0 Å². The van der Waals surface area contributed by atoms with E-state index in [1.807, 2.05) is 6.07 Å². The molecule has 2 heterocycles. The van der Waals surface area contributed by atoms with Gasteiger partial charge in [-0.2, -0.15) is 5.26 Å². The fourth-order valence-corrected chi connectivity index (χ4v) is 4.15. The summed E-state index contributed by atoms with van der Waals surface area (Å²) in [7, 11) is 0. The van der Waals surface area contributed by atoms with Crippen molar-refractivity contribution >= 4 is 67.7 Å². The Balaban J connectivity index is 1.73. The highest BCUT2D eigenvalue weighted by atomic mass is 35.5. The van der Waals surface area contributed by atoms with Gasteiger partial charge in [-0.1, -0.05) is 29.3 Å². The number of thiophene rings is 1. The number of ketones is 1. The number of anilines is 3. The summed E-state index contributed by atoms with van der Waals surface area (Å²) in [6.07, 6.45) is 0.